The van der Waals surface area contributed by atoms with Gasteiger partial charge >= 0.3 is 5.97 Å². The number of hydrogen-bond acceptors (Lipinski definition) is 8. The molecule has 0 aliphatic carbocycles. The zero-order valence-electron chi connectivity index (χ0n) is 15.4. The normalized spacial score (nSPS) is 14.9. The van der Waals surface area contributed by atoms with Gasteiger partial charge in [0.2, 0.25) is 0 Å². The van der Waals surface area contributed by atoms with Crippen LogP contribution in [0.1, 0.15) is 15.9 Å². The van der Waals surface area contributed by atoms with Crippen molar-refractivity contribution in [3.63, 3.8) is 0 Å². The van der Waals surface area contributed by atoms with Gasteiger partial charge in [-0.25, -0.2) is 9.18 Å². The van der Waals surface area contributed by atoms with Crippen molar-refractivity contribution in [3.05, 3.63) is 64.3 Å². The van der Waals surface area contributed by atoms with Crippen LogP contribution in [0.15, 0.2) is 47.4 Å². The molecule has 10 heteroatoms. The maximum atomic E-state index is 13.0. The molecule has 0 spiro atoms. The van der Waals surface area contributed by atoms with E-state index < -0.39 is 30.2 Å². The van der Waals surface area contributed by atoms with Crippen LogP contribution in [0.5, 0.6) is 11.5 Å². The van der Waals surface area contributed by atoms with Crippen molar-refractivity contribution in [2.75, 3.05) is 13.7 Å². The minimum Gasteiger partial charge on any atom is -0.548 e. The summed E-state index contributed by atoms with van der Waals surface area (Å²) in [6, 6.07) is 9.50. The molecule has 2 aromatic carbocycles. The summed E-state index contributed by atoms with van der Waals surface area (Å²) in [5, 5.41) is 10.8. The number of amides is 1. The summed E-state index contributed by atoms with van der Waals surface area (Å²) >= 11 is 6.00. The van der Waals surface area contributed by atoms with Crippen LogP contribution in [0.2, 0.25) is 0 Å². The van der Waals surface area contributed by atoms with Crippen LogP contribution in [0, 0.1) is 5.82 Å². The Balaban J connectivity index is 1.80. The number of thioether (sulfide) groups is 1. The summed E-state index contributed by atoms with van der Waals surface area (Å²) in [5.74, 6) is -2.76. The first-order valence-electron chi connectivity index (χ1n) is 8.39. The number of halogens is 1. The van der Waals surface area contributed by atoms with E-state index in [0.717, 1.165) is 28.8 Å². The molecule has 1 heterocycles. The Labute approximate surface area is 180 Å². The van der Waals surface area contributed by atoms with E-state index in [0.29, 0.717) is 5.56 Å². The number of hydrogen-bond donors (Lipinski definition) is 0. The van der Waals surface area contributed by atoms with Crippen molar-refractivity contribution < 1.29 is 33.4 Å². The minimum atomic E-state index is -1.42. The lowest BCUT2D eigenvalue weighted by molar-refractivity contribution is -0.305. The predicted octanol–water partition coefficient (Wildman–Crippen LogP) is 2.00. The van der Waals surface area contributed by atoms with Crippen LogP contribution in [0.25, 0.3) is 6.08 Å². The van der Waals surface area contributed by atoms with Gasteiger partial charge in [-0.2, -0.15) is 0 Å². The van der Waals surface area contributed by atoms with Crippen molar-refractivity contribution in [2.24, 2.45) is 0 Å². The molecule has 0 aromatic heterocycles. The van der Waals surface area contributed by atoms with Crippen molar-refractivity contribution in [3.8, 4) is 11.5 Å². The molecule has 1 fully saturated rings. The molecule has 2 aromatic rings. The second-order valence-corrected chi connectivity index (χ2v) is 7.62. The Kier molecular flexibility index (Phi) is 6.48. The molecule has 1 amide bonds. The Morgan fingerprint density at radius 3 is 2.53 bits per heavy atom. The number of thiocarbonyl (C=S) groups is 1. The highest BCUT2D eigenvalue weighted by Crippen LogP contribution is 2.34. The Morgan fingerprint density at radius 1 is 1.20 bits per heavy atom. The number of ether oxygens (including phenoxy) is 2. The van der Waals surface area contributed by atoms with E-state index >= 15 is 0 Å². The first-order chi connectivity index (χ1) is 14.3. The third-order valence-electron chi connectivity index (χ3n) is 3.93. The van der Waals surface area contributed by atoms with Gasteiger partial charge in [-0.3, -0.25) is 9.69 Å². The van der Waals surface area contributed by atoms with Crippen LogP contribution in [-0.4, -0.2) is 40.7 Å². The zero-order valence-corrected chi connectivity index (χ0v) is 17.1. The molecule has 0 bridgehead atoms. The van der Waals surface area contributed by atoms with Gasteiger partial charge in [0, 0.05) is 0 Å². The lowest BCUT2D eigenvalue weighted by atomic mass is 10.1. The van der Waals surface area contributed by atoms with Gasteiger partial charge in [0.1, 0.15) is 10.1 Å². The number of nitrogens with zero attached hydrogens (tertiary/aromatic N) is 1. The lowest BCUT2D eigenvalue weighted by Gasteiger charge is -2.14. The van der Waals surface area contributed by atoms with Crippen molar-refractivity contribution in [1.82, 2.24) is 4.90 Å². The molecule has 30 heavy (non-hydrogen) atoms. The molecule has 0 atom stereocenters. The van der Waals surface area contributed by atoms with Crippen LogP contribution >= 0.6 is 24.0 Å². The van der Waals surface area contributed by atoms with Crippen LogP contribution < -0.4 is 14.6 Å². The lowest BCUT2D eigenvalue weighted by Crippen LogP contribution is -2.40. The maximum absolute atomic E-state index is 13.0. The Morgan fingerprint density at radius 2 is 1.90 bits per heavy atom. The van der Waals surface area contributed by atoms with Gasteiger partial charge in [0.05, 0.1) is 30.1 Å². The Hall–Kier alpha value is -3.24. The standard InChI is InChI=1S/C20H14FNO6S2/c1-27-15-8-11(9-16-18(25)22(10-17(23)24)20(29)30-16)2-7-14(15)28-19(26)12-3-5-13(21)6-4-12/h2-9H,10H2,1H3,(H,23,24)/p-1/b16-9-. The van der Waals surface area contributed by atoms with E-state index in [1.165, 1.54) is 31.4 Å². The van der Waals surface area contributed by atoms with Gasteiger partial charge < -0.3 is 19.4 Å². The summed E-state index contributed by atoms with van der Waals surface area (Å²) < 4.78 is 23.7. The molecule has 154 valence electrons. The molecular formula is C20H13FNO6S2-. The summed E-state index contributed by atoms with van der Waals surface area (Å²) in [6.07, 6.45) is 1.52. The largest absolute Gasteiger partial charge is 0.548 e. The number of methoxy groups -OCH3 is 1. The highest BCUT2D eigenvalue weighted by Gasteiger charge is 2.32. The smallest absolute Gasteiger partial charge is 0.343 e. The first kappa shape index (κ1) is 21.5. The van der Waals surface area contributed by atoms with E-state index in [9.17, 15) is 23.9 Å². The van der Waals surface area contributed by atoms with Crippen molar-refractivity contribution in [2.45, 2.75) is 0 Å². The third-order valence-corrected chi connectivity index (χ3v) is 5.31. The molecule has 7 nitrogen and oxygen atoms in total. The number of benzene rings is 2. The third kappa shape index (κ3) is 4.84. The molecule has 1 aliphatic rings. The molecule has 0 N–H and O–H groups in total. The Bertz CT molecular complexity index is 1070. The molecule has 1 saturated heterocycles. The average Bonchev–Trinajstić information content (AvgIpc) is 2.96. The SMILES string of the molecule is COc1cc(/C=C2\SC(=S)N(CC(=O)[O-])C2=O)ccc1OC(=O)c1ccc(F)cc1. The van der Waals surface area contributed by atoms with Gasteiger partial charge in [-0.15, -0.1) is 0 Å². The second kappa shape index (κ2) is 9.06. The number of esters is 1. The van der Waals surface area contributed by atoms with Gasteiger partial charge in [0.25, 0.3) is 5.91 Å². The molecule has 0 unspecified atom stereocenters. The van der Waals surface area contributed by atoms with E-state index in [1.807, 2.05) is 0 Å². The maximum Gasteiger partial charge on any atom is 0.343 e. The summed E-state index contributed by atoms with van der Waals surface area (Å²) in [4.78, 5) is 36.5. The van der Waals surface area contributed by atoms with E-state index in [-0.39, 0.29) is 26.3 Å². The first-order valence-corrected chi connectivity index (χ1v) is 9.62. The monoisotopic (exact) mass is 446 g/mol. The minimum absolute atomic E-state index is 0.118. The van der Waals surface area contributed by atoms with Crippen LogP contribution in [0.4, 0.5) is 4.39 Å². The fourth-order valence-electron chi connectivity index (χ4n) is 2.52. The van der Waals surface area contributed by atoms with Crippen LogP contribution in [-0.2, 0) is 9.59 Å². The highest BCUT2D eigenvalue weighted by molar-refractivity contribution is 8.26. The van der Waals surface area contributed by atoms with Gasteiger partial charge in [0.15, 0.2) is 11.5 Å². The molecule has 3 rings (SSSR count). The number of carboxylic acids is 1. The van der Waals surface area contributed by atoms with Crippen molar-refractivity contribution in [1.29, 1.82) is 0 Å². The summed E-state index contributed by atoms with van der Waals surface area (Å²) in [7, 11) is 1.38. The summed E-state index contributed by atoms with van der Waals surface area (Å²) in [5.41, 5.74) is 0.710. The van der Waals surface area contributed by atoms with Gasteiger partial charge in [-0.1, -0.05) is 30.0 Å². The van der Waals surface area contributed by atoms with E-state index in [4.69, 9.17) is 21.7 Å². The highest BCUT2D eigenvalue weighted by atomic mass is 32.2. The van der Waals surface area contributed by atoms with Crippen LogP contribution in [0.3, 0.4) is 0 Å². The quantitative estimate of drug-likeness (QED) is 0.288. The number of carbonyl (C=O) groups excluding carboxylic acids is 3. The van der Waals surface area contributed by atoms with E-state index in [1.54, 1.807) is 12.1 Å². The molecule has 0 saturated carbocycles. The number of rotatable bonds is 6. The molecule has 1 aliphatic heterocycles. The predicted molar refractivity (Wildman–Crippen MR) is 109 cm³/mol. The average molecular weight is 446 g/mol. The van der Waals surface area contributed by atoms with Gasteiger partial charge in [-0.05, 0) is 48.0 Å². The van der Waals surface area contributed by atoms with Crippen molar-refractivity contribution >= 4 is 52.2 Å². The summed E-state index contributed by atoms with van der Waals surface area (Å²) in [6.45, 7) is -0.621. The second-order valence-electron chi connectivity index (χ2n) is 5.95. The number of carbonyl (C=O) groups is 3. The zero-order chi connectivity index (χ0) is 21.8. The fourth-order valence-corrected chi connectivity index (χ4v) is 3.77. The number of carboxylic acid groups (broad SMARTS) is 1. The number of aliphatic carboxylic acids is 1. The molecular weight excluding hydrogens is 433 g/mol. The van der Waals surface area contributed by atoms with E-state index in [2.05, 4.69) is 0 Å². The molecule has 0 radical (unpaired) electrons. The fraction of sp³-hybridized carbons (Fsp3) is 0.100. The topological polar surface area (TPSA) is 96.0 Å².